The summed E-state index contributed by atoms with van der Waals surface area (Å²) in [5.41, 5.74) is 1.34. The van der Waals surface area contributed by atoms with Gasteiger partial charge < -0.3 is 9.47 Å². The molecule has 0 spiro atoms. The number of rotatable bonds is 3. The smallest absolute Gasteiger partial charge is 0.411 e. The molecule has 1 heterocycles. The Balaban J connectivity index is 2.04. The zero-order valence-electron chi connectivity index (χ0n) is 14.7. The van der Waals surface area contributed by atoms with Crippen LogP contribution >= 0.6 is 0 Å². The Hall–Kier alpha value is -2.30. The van der Waals surface area contributed by atoms with Crippen LogP contribution < -0.4 is 0 Å². The lowest BCUT2D eigenvalue weighted by molar-refractivity contribution is -0.150. The standard InChI is InChI=1S/C19H25NO4/c1-5-14-11-16(20(12-14)18(22)24-19(2,3)4)17(21)23-13-15-9-7-6-8-10-15/h5-10,16H,11-13H2,1-4H3/t16-/m0/s1. The van der Waals surface area contributed by atoms with Crippen LogP contribution in [-0.4, -0.2) is 35.2 Å². The summed E-state index contributed by atoms with van der Waals surface area (Å²) in [4.78, 5) is 26.3. The van der Waals surface area contributed by atoms with E-state index >= 15 is 0 Å². The summed E-state index contributed by atoms with van der Waals surface area (Å²) < 4.78 is 10.8. The number of carbonyl (C=O) groups excluding carboxylic acids is 2. The highest BCUT2D eigenvalue weighted by Gasteiger charge is 2.39. The van der Waals surface area contributed by atoms with Crippen molar-refractivity contribution < 1.29 is 19.1 Å². The van der Waals surface area contributed by atoms with Crippen molar-refractivity contribution in [1.29, 1.82) is 0 Å². The van der Waals surface area contributed by atoms with Gasteiger partial charge in [0, 0.05) is 13.0 Å². The molecule has 5 nitrogen and oxygen atoms in total. The minimum atomic E-state index is -0.630. The summed E-state index contributed by atoms with van der Waals surface area (Å²) in [5.74, 6) is -0.401. The van der Waals surface area contributed by atoms with Crippen molar-refractivity contribution in [1.82, 2.24) is 4.90 Å². The molecule has 1 fully saturated rings. The van der Waals surface area contributed by atoms with Gasteiger partial charge in [0.1, 0.15) is 18.2 Å². The SMILES string of the molecule is CC=C1C[C@@H](C(=O)OCc2ccccc2)N(C(=O)OC(C)(C)C)C1. The predicted molar refractivity (Wildman–Crippen MR) is 91.3 cm³/mol. The molecule has 130 valence electrons. The van der Waals surface area contributed by atoms with Gasteiger partial charge in [0.25, 0.3) is 0 Å². The van der Waals surface area contributed by atoms with Crippen LogP contribution in [-0.2, 0) is 20.9 Å². The molecule has 0 N–H and O–H groups in total. The molecule has 0 unspecified atom stereocenters. The molecule has 1 saturated heterocycles. The third kappa shape index (κ3) is 4.85. The van der Waals surface area contributed by atoms with Crippen LogP contribution in [0.15, 0.2) is 42.0 Å². The minimum absolute atomic E-state index is 0.198. The Kier molecular flexibility index (Phi) is 5.65. The zero-order chi connectivity index (χ0) is 17.7. The van der Waals surface area contributed by atoms with Crippen LogP contribution in [0.3, 0.4) is 0 Å². The molecule has 0 aromatic heterocycles. The van der Waals surface area contributed by atoms with Crippen molar-refractivity contribution in [2.24, 2.45) is 0 Å². The summed E-state index contributed by atoms with van der Waals surface area (Å²) in [5, 5.41) is 0. The van der Waals surface area contributed by atoms with Gasteiger partial charge in [-0.05, 0) is 33.3 Å². The van der Waals surface area contributed by atoms with Gasteiger partial charge in [-0.3, -0.25) is 4.90 Å². The first-order valence-corrected chi connectivity index (χ1v) is 8.14. The zero-order valence-corrected chi connectivity index (χ0v) is 14.7. The van der Waals surface area contributed by atoms with Gasteiger partial charge in [-0.25, -0.2) is 9.59 Å². The van der Waals surface area contributed by atoms with Gasteiger partial charge in [-0.1, -0.05) is 42.0 Å². The number of benzene rings is 1. The van der Waals surface area contributed by atoms with E-state index in [2.05, 4.69) is 0 Å². The van der Waals surface area contributed by atoms with E-state index in [1.54, 1.807) is 20.8 Å². The number of hydrogen-bond donors (Lipinski definition) is 0. The molecule has 1 aromatic rings. The first-order valence-electron chi connectivity index (χ1n) is 8.14. The van der Waals surface area contributed by atoms with Crippen molar-refractivity contribution in [3.8, 4) is 0 Å². The maximum atomic E-state index is 12.5. The van der Waals surface area contributed by atoms with E-state index in [4.69, 9.17) is 9.47 Å². The fraction of sp³-hybridized carbons (Fsp3) is 0.474. The van der Waals surface area contributed by atoms with Crippen molar-refractivity contribution in [2.75, 3.05) is 6.54 Å². The maximum absolute atomic E-state index is 12.5. The summed E-state index contributed by atoms with van der Waals surface area (Å²) in [7, 11) is 0. The first kappa shape index (κ1) is 18.0. The second-order valence-electron chi connectivity index (χ2n) is 6.87. The number of esters is 1. The van der Waals surface area contributed by atoms with Gasteiger partial charge in [0.15, 0.2) is 0 Å². The Morgan fingerprint density at radius 3 is 2.50 bits per heavy atom. The number of ether oxygens (including phenoxy) is 2. The van der Waals surface area contributed by atoms with Crippen LogP contribution in [0.4, 0.5) is 4.79 Å². The summed E-state index contributed by atoms with van der Waals surface area (Å²) in [6.07, 6.45) is 1.94. The van der Waals surface area contributed by atoms with Gasteiger partial charge in [-0.2, -0.15) is 0 Å². The third-order valence-corrected chi connectivity index (χ3v) is 3.74. The fourth-order valence-corrected chi connectivity index (χ4v) is 2.51. The predicted octanol–water partition coefficient (Wildman–Crippen LogP) is 3.69. The molecule has 1 aromatic carbocycles. The number of hydrogen-bond acceptors (Lipinski definition) is 4. The molecule has 0 bridgehead atoms. The molecule has 0 aliphatic carbocycles. The monoisotopic (exact) mass is 331 g/mol. The van der Waals surface area contributed by atoms with E-state index in [9.17, 15) is 9.59 Å². The Morgan fingerprint density at radius 1 is 1.25 bits per heavy atom. The largest absolute Gasteiger partial charge is 0.459 e. The highest BCUT2D eigenvalue weighted by molar-refractivity contribution is 5.83. The van der Waals surface area contributed by atoms with E-state index in [1.807, 2.05) is 43.3 Å². The normalized spacial score (nSPS) is 19.4. The van der Waals surface area contributed by atoms with E-state index in [0.29, 0.717) is 13.0 Å². The highest BCUT2D eigenvalue weighted by Crippen LogP contribution is 2.26. The quantitative estimate of drug-likeness (QED) is 0.626. The number of likely N-dealkylation sites (tertiary alicyclic amines) is 1. The fourth-order valence-electron chi connectivity index (χ4n) is 2.51. The molecule has 2 rings (SSSR count). The van der Waals surface area contributed by atoms with E-state index in [1.165, 1.54) is 4.90 Å². The van der Waals surface area contributed by atoms with Crippen molar-refractivity contribution >= 4 is 12.1 Å². The van der Waals surface area contributed by atoms with E-state index in [0.717, 1.165) is 11.1 Å². The third-order valence-electron chi connectivity index (χ3n) is 3.74. The lowest BCUT2D eigenvalue weighted by Gasteiger charge is -2.27. The average Bonchev–Trinajstić information content (AvgIpc) is 2.96. The highest BCUT2D eigenvalue weighted by atomic mass is 16.6. The van der Waals surface area contributed by atoms with E-state index < -0.39 is 23.7 Å². The lowest BCUT2D eigenvalue weighted by atomic mass is 10.1. The van der Waals surface area contributed by atoms with Crippen LogP contribution in [0.25, 0.3) is 0 Å². The average molecular weight is 331 g/mol. The lowest BCUT2D eigenvalue weighted by Crippen LogP contribution is -2.44. The summed E-state index contributed by atoms with van der Waals surface area (Å²) >= 11 is 0. The summed E-state index contributed by atoms with van der Waals surface area (Å²) in [6, 6.07) is 8.85. The molecule has 1 aliphatic rings. The molecular formula is C19H25NO4. The van der Waals surface area contributed by atoms with Crippen LogP contribution in [0.5, 0.6) is 0 Å². The molecule has 5 heteroatoms. The van der Waals surface area contributed by atoms with Gasteiger partial charge in [0.05, 0.1) is 0 Å². The number of allylic oxidation sites excluding steroid dienone is 1. The summed E-state index contributed by atoms with van der Waals surface area (Å²) in [6.45, 7) is 7.92. The Bertz CT molecular complexity index is 616. The number of carbonyl (C=O) groups is 2. The molecule has 1 amide bonds. The molecular weight excluding hydrogens is 306 g/mol. The number of amides is 1. The first-order chi connectivity index (χ1) is 11.3. The van der Waals surface area contributed by atoms with Gasteiger partial charge >= 0.3 is 12.1 Å². The van der Waals surface area contributed by atoms with Crippen LogP contribution in [0.1, 0.15) is 39.7 Å². The molecule has 24 heavy (non-hydrogen) atoms. The van der Waals surface area contributed by atoms with Gasteiger partial charge in [0.2, 0.25) is 0 Å². The number of nitrogens with zero attached hydrogens (tertiary/aromatic N) is 1. The maximum Gasteiger partial charge on any atom is 0.411 e. The van der Waals surface area contributed by atoms with Crippen molar-refractivity contribution in [3.63, 3.8) is 0 Å². The van der Waals surface area contributed by atoms with Crippen LogP contribution in [0.2, 0.25) is 0 Å². The molecule has 1 aliphatic heterocycles. The topological polar surface area (TPSA) is 55.8 Å². The molecule has 0 radical (unpaired) electrons. The molecule has 0 saturated carbocycles. The van der Waals surface area contributed by atoms with E-state index in [-0.39, 0.29) is 6.61 Å². The van der Waals surface area contributed by atoms with Crippen LogP contribution in [0, 0.1) is 0 Å². The van der Waals surface area contributed by atoms with Crippen molar-refractivity contribution in [3.05, 3.63) is 47.5 Å². The Morgan fingerprint density at radius 2 is 1.92 bits per heavy atom. The van der Waals surface area contributed by atoms with Crippen molar-refractivity contribution in [2.45, 2.75) is 52.4 Å². The second-order valence-corrected chi connectivity index (χ2v) is 6.87. The second kappa shape index (κ2) is 7.51. The minimum Gasteiger partial charge on any atom is -0.459 e. The molecule has 1 atom stereocenters. The Labute approximate surface area is 143 Å². The van der Waals surface area contributed by atoms with Gasteiger partial charge in [-0.15, -0.1) is 0 Å².